The molecule has 0 saturated carbocycles. The van der Waals surface area contributed by atoms with Crippen LogP contribution in [0.5, 0.6) is 0 Å². The standard InChI is InChI=1S/C20H22N4O2.CH2O2/c1-3-23-17(25)21-19(15-11-7-5-8-12-15)20(23,16-13-9-6-10-14-16)24(4-2)18(26)22-19;2-1-3/h5-14H,3-4H2,1-2H3,(H,21,25)(H,22,26);1H,(H,2,3). The smallest absolute Gasteiger partial charge is 0.321 e. The predicted octanol–water partition coefficient (Wildman–Crippen LogP) is 2.48. The van der Waals surface area contributed by atoms with E-state index in [1.165, 1.54) is 0 Å². The molecule has 0 aliphatic carbocycles. The number of carbonyl (C=O) groups excluding carboxylic acids is 2. The Hall–Kier alpha value is -3.55. The number of nitrogens with one attached hydrogen (secondary N) is 2. The normalized spacial score (nSPS) is 24.9. The summed E-state index contributed by atoms with van der Waals surface area (Å²) in [5.74, 6) is 0. The number of carbonyl (C=O) groups is 3. The molecule has 2 aliphatic rings. The molecule has 2 fully saturated rings. The topological polar surface area (TPSA) is 102 Å². The van der Waals surface area contributed by atoms with Crippen molar-refractivity contribution in [3.63, 3.8) is 0 Å². The largest absolute Gasteiger partial charge is 0.483 e. The van der Waals surface area contributed by atoms with Crippen molar-refractivity contribution >= 4 is 18.5 Å². The summed E-state index contributed by atoms with van der Waals surface area (Å²) in [6, 6.07) is 19.0. The number of benzene rings is 2. The molecule has 8 nitrogen and oxygen atoms in total. The highest BCUT2D eigenvalue weighted by Gasteiger charge is 2.73. The molecule has 2 aliphatic heterocycles. The van der Waals surface area contributed by atoms with Crippen LogP contribution in [0.3, 0.4) is 0 Å². The zero-order chi connectivity index (χ0) is 21.1. The Morgan fingerprint density at radius 2 is 1.21 bits per heavy atom. The third-order valence-electron chi connectivity index (χ3n) is 5.40. The fourth-order valence-corrected chi connectivity index (χ4v) is 4.48. The van der Waals surface area contributed by atoms with E-state index in [1.54, 1.807) is 9.80 Å². The van der Waals surface area contributed by atoms with Crippen LogP contribution in [0.15, 0.2) is 60.7 Å². The summed E-state index contributed by atoms with van der Waals surface area (Å²) in [6.45, 7) is 4.56. The van der Waals surface area contributed by atoms with E-state index in [0.29, 0.717) is 13.1 Å². The summed E-state index contributed by atoms with van der Waals surface area (Å²) >= 11 is 0. The molecule has 2 saturated heterocycles. The first-order valence-electron chi connectivity index (χ1n) is 9.41. The number of fused-ring (bicyclic) bond motifs is 1. The van der Waals surface area contributed by atoms with Crippen LogP contribution in [0.4, 0.5) is 9.59 Å². The van der Waals surface area contributed by atoms with Crippen molar-refractivity contribution in [3.8, 4) is 0 Å². The molecule has 29 heavy (non-hydrogen) atoms. The van der Waals surface area contributed by atoms with Crippen molar-refractivity contribution in [3.05, 3.63) is 71.8 Å². The quantitative estimate of drug-likeness (QED) is 0.691. The summed E-state index contributed by atoms with van der Waals surface area (Å²) in [4.78, 5) is 37.8. The van der Waals surface area contributed by atoms with Crippen LogP contribution in [-0.4, -0.2) is 46.5 Å². The maximum atomic E-state index is 13.0. The maximum Gasteiger partial charge on any atom is 0.321 e. The van der Waals surface area contributed by atoms with Crippen molar-refractivity contribution in [2.24, 2.45) is 0 Å². The first-order valence-corrected chi connectivity index (χ1v) is 9.41. The molecule has 8 heteroatoms. The minimum Gasteiger partial charge on any atom is -0.483 e. The number of hydrogen-bond donors (Lipinski definition) is 3. The van der Waals surface area contributed by atoms with Crippen molar-refractivity contribution in [2.75, 3.05) is 13.1 Å². The molecule has 2 aromatic rings. The van der Waals surface area contributed by atoms with Crippen LogP contribution in [-0.2, 0) is 16.1 Å². The van der Waals surface area contributed by atoms with E-state index in [0.717, 1.165) is 11.1 Å². The van der Waals surface area contributed by atoms with Crippen molar-refractivity contribution in [2.45, 2.75) is 25.2 Å². The molecule has 3 N–H and O–H groups in total. The maximum absolute atomic E-state index is 13.0. The Bertz CT molecular complexity index is 862. The molecular weight excluding hydrogens is 372 g/mol. The van der Waals surface area contributed by atoms with Gasteiger partial charge in [0.1, 0.15) is 0 Å². The number of hydrogen-bond acceptors (Lipinski definition) is 3. The zero-order valence-corrected chi connectivity index (χ0v) is 16.3. The molecule has 0 radical (unpaired) electrons. The average Bonchev–Trinajstić information content (AvgIpc) is 3.13. The molecule has 4 rings (SSSR count). The lowest BCUT2D eigenvalue weighted by Gasteiger charge is -2.46. The van der Waals surface area contributed by atoms with E-state index < -0.39 is 11.3 Å². The highest BCUT2D eigenvalue weighted by Crippen LogP contribution is 2.53. The number of nitrogens with zero attached hydrogens (tertiary/aromatic N) is 2. The zero-order valence-electron chi connectivity index (χ0n) is 16.3. The van der Waals surface area contributed by atoms with Crippen LogP contribution in [0.2, 0.25) is 0 Å². The second-order valence-electron chi connectivity index (χ2n) is 6.61. The van der Waals surface area contributed by atoms with E-state index in [9.17, 15) is 9.59 Å². The number of likely N-dealkylation sites (N-methyl/N-ethyl adjacent to an activating group) is 2. The minimum atomic E-state index is -1.06. The molecule has 2 aromatic carbocycles. The van der Waals surface area contributed by atoms with Crippen LogP contribution in [0.25, 0.3) is 0 Å². The van der Waals surface area contributed by atoms with Gasteiger partial charge in [-0.25, -0.2) is 9.59 Å². The predicted molar refractivity (Wildman–Crippen MR) is 107 cm³/mol. The Kier molecular flexibility index (Phi) is 5.45. The molecule has 0 aromatic heterocycles. The summed E-state index contributed by atoms with van der Waals surface area (Å²) in [5, 5.41) is 13.1. The first kappa shape index (κ1) is 20.2. The number of amides is 4. The van der Waals surface area contributed by atoms with Gasteiger partial charge in [0, 0.05) is 24.2 Å². The summed E-state index contributed by atoms with van der Waals surface area (Å²) in [7, 11) is 0. The van der Waals surface area contributed by atoms with Gasteiger partial charge in [-0.3, -0.25) is 14.6 Å². The lowest BCUT2D eigenvalue weighted by atomic mass is 9.81. The van der Waals surface area contributed by atoms with Crippen LogP contribution in [0.1, 0.15) is 25.0 Å². The average molecular weight is 396 g/mol. The van der Waals surface area contributed by atoms with Gasteiger partial charge in [0.2, 0.25) is 0 Å². The SMILES string of the molecule is CCN1C(=O)NC2(c3ccccc3)NC(=O)N(CC)C12c1ccccc1.O=CO. The van der Waals surface area contributed by atoms with Gasteiger partial charge in [-0.15, -0.1) is 0 Å². The highest BCUT2D eigenvalue weighted by molar-refractivity contribution is 5.89. The van der Waals surface area contributed by atoms with Gasteiger partial charge >= 0.3 is 12.1 Å². The van der Waals surface area contributed by atoms with E-state index in [1.807, 2.05) is 74.5 Å². The second kappa shape index (κ2) is 7.83. The van der Waals surface area contributed by atoms with Gasteiger partial charge in [0.05, 0.1) is 0 Å². The van der Waals surface area contributed by atoms with Crippen molar-refractivity contribution in [1.29, 1.82) is 0 Å². The monoisotopic (exact) mass is 396 g/mol. The van der Waals surface area contributed by atoms with Gasteiger partial charge in [-0.2, -0.15) is 0 Å². The lowest BCUT2D eigenvalue weighted by Crippen LogP contribution is -2.62. The first-order chi connectivity index (χ1) is 14.0. The molecule has 4 amide bonds. The Labute approximate surface area is 169 Å². The van der Waals surface area contributed by atoms with E-state index in [4.69, 9.17) is 9.90 Å². The molecule has 152 valence electrons. The lowest BCUT2D eigenvalue weighted by molar-refractivity contribution is -0.122. The highest BCUT2D eigenvalue weighted by atomic mass is 16.3. The van der Waals surface area contributed by atoms with E-state index in [2.05, 4.69) is 10.6 Å². The van der Waals surface area contributed by atoms with Crippen molar-refractivity contribution in [1.82, 2.24) is 20.4 Å². The van der Waals surface area contributed by atoms with Gasteiger partial charge in [0.15, 0.2) is 11.3 Å². The van der Waals surface area contributed by atoms with E-state index >= 15 is 0 Å². The van der Waals surface area contributed by atoms with Crippen LogP contribution < -0.4 is 10.6 Å². The van der Waals surface area contributed by atoms with Crippen molar-refractivity contribution < 1.29 is 19.5 Å². The summed E-state index contributed by atoms with van der Waals surface area (Å²) in [6.07, 6.45) is 0. The fraction of sp³-hybridized carbons (Fsp3) is 0.286. The van der Waals surface area contributed by atoms with E-state index in [-0.39, 0.29) is 18.5 Å². The molecule has 0 spiro atoms. The summed E-state index contributed by atoms with van der Waals surface area (Å²) in [5.41, 5.74) is -0.301. The molecule has 0 bridgehead atoms. The second-order valence-corrected chi connectivity index (χ2v) is 6.61. The van der Waals surface area contributed by atoms with Gasteiger partial charge in [-0.1, -0.05) is 60.7 Å². The number of carboxylic acid groups (broad SMARTS) is 1. The Morgan fingerprint density at radius 1 is 0.828 bits per heavy atom. The number of urea groups is 2. The molecular formula is C21H24N4O4. The third-order valence-corrected chi connectivity index (χ3v) is 5.40. The molecule has 0 unspecified atom stereocenters. The molecule has 2 heterocycles. The van der Waals surface area contributed by atoms with Gasteiger partial charge in [-0.05, 0) is 13.8 Å². The Morgan fingerprint density at radius 3 is 1.59 bits per heavy atom. The van der Waals surface area contributed by atoms with Gasteiger partial charge in [0.25, 0.3) is 6.47 Å². The van der Waals surface area contributed by atoms with Gasteiger partial charge < -0.3 is 15.7 Å². The van der Waals surface area contributed by atoms with Crippen LogP contribution in [0, 0.1) is 0 Å². The van der Waals surface area contributed by atoms with Crippen LogP contribution >= 0.6 is 0 Å². The molecule has 0 atom stereocenters. The minimum absolute atomic E-state index is 0.196. The fourth-order valence-electron chi connectivity index (χ4n) is 4.48. The third kappa shape index (κ3) is 2.71. The number of rotatable bonds is 4. The Balaban J connectivity index is 0.000000755. The summed E-state index contributed by atoms with van der Waals surface area (Å²) < 4.78 is 0.